The normalized spacial score (nSPS) is 23.6. The predicted octanol–water partition coefficient (Wildman–Crippen LogP) is 9.29. The zero-order valence-corrected chi connectivity index (χ0v) is 21.4. The second-order valence-corrected chi connectivity index (χ2v) is 10.2. The summed E-state index contributed by atoms with van der Waals surface area (Å²) in [5.74, 6) is 0.660. The highest BCUT2D eigenvalue weighted by Gasteiger charge is 2.41. The van der Waals surface area contributed by atoms with Crippen LogP contribution in [0.5, 0.6) is 0 Å². The summed E-state index contributed by atoms with van der Waals surface area (Å²) in [7, 11) is 0. The summed E-state index contributed by atoms with van der Waals surface area (Å²) in [5, 5.41) is 0. The van der Waals surface area contributed by atoms with Crippen LogP contribution in [0.4, 0.5) is 0 Å². The minimum atomic E-state index is 0.316. The van der Waals surface area contributed by atoms with E-state index < -0.39 is 0 Å². The number of benzene rings is 1. The van der Waals surface area contributed by atoms with E-state index in [4.69, 9.17) is 6.58 Å². The summed E-state index contributed by atoms with van der Waals surface area (Å²) in [4.78, 5) is 0. The highest BCUT2D eigenvalue weighted by Crippen LogP contribution is 2.55. The SMILES string of the molecule is C=C(CCC)C1=C(C)C=C2C/C(=C\C3=CC=C(C)C3)C(=C)C2C1c1ccc(CC)c(CC)c1. The van der Waals surface area contributed by atoms with Gasteiger partial charge in [-0.3, -0.25) is 0 Å². The van der Waals surface area contributed by atoms with Crippen LogP contribution < -0.4 is 0 Å². The third-order valence-electron chi connectivity index (χ3n) is 7.76. The summed E-state index contributed by atoms with van der Waals surface area (Å²) >= 11 is 0. The minimum Gasteiger partial charge on any atom is -0.0955 e. The molecule has 0 nitrogen and oxygen atoms in total. The molecule has 1 fully saturated rings. The van der Waals surface area contributed by atoms with E-state index >= 15 is 0 Å². The molecule has 0 heteroatoms. The molecular weight excluding hydrogens is 396 g/mol. The Morgan fingerprint density at radius 2 is 1.76 bits per heavy atom. The van der Waals surface area contributed by atoms with Crippen LogP contribution in [0.3, 0.4) is 0 Å². The van der Waals surface area contributed by atoms with Crippen molar-refractivity contribution in [3.8, 4) is 0 Å². The fraction of sp³-hybridized carbons (Fsp3) is 0.394. The van der Waals surface area contributed by atoms with Crippen molar-refractivity contribution in [3.05, 3.63) is 117 Å². The first-order valence-corrected chi connectivity index (χ1v) is 12.8. The first-order chi connectivity index (χ1) is 15.9. The standard InChI is InChI=1S/C33H40/c1-8-11-22(5)31-23(6)17-30-20-29(18-25-13-12-21(4)16-25)24(7)32(30)33(31)28-15-14-26(9-2)27(10-3)19-28/h12-15,17-19,32-33H,5,7-11,16,20H2,1-4,6H3/b29-18+. The van der Waals surface area contributed by atoms with Gasteiger partial charge in [0.2, 0.25) is 0 Å². The predicted molar refractivity (Wildman–Crippen MR) is 145 cm³/mol. The molecule has 0 N–H and O–H groups in total. The van der Waals surface area contributed by atoms with Gasteiger partial charge in [0.15, 0.2) is 0 Å². The lowest BCUT2D eigenvalue weighted by Gasteiger charge is -2.35. The summed E-state index contributed by atoms with van der Waals surface area (Å²) in [6.45, 7) is 20.6. The van der Waals surface area contributed by atoms with Crippen LogP contribution in [-0.4, -0.2) is 0 Å². The third kappa shape index (κ3) is 4.45. The lowest BCUT2D eigenvalue weighted by atomic mass is 9.68. The van der Waals surface area contributed by atoms with Gasteiger partial charge >= 0.3 is 0 Å². The Hall–Kier alpha value is -2.60. The zero-order chi connectivity index (χ0) is 23.7. The van der Waals surface area contributed by atoms with Gasteiger partial charge in [0.05, 0.1) is 0 Å². The van der Waals surface area contributed by atoms with Gasteiger partial charge in [-0.15, -0.1) is 0 Å². The molecule has 1 aromatic rings. The Morgan fingerprint density at radius 1 is 1.00 bits per heavy atom. The maximum Gasteiger partial charge on any atom is 0.0201 e. The fourth-order valence-corrected chi connectivity index (χ4v) is 6.15. The van der Waals surface area contributed by atoms with Crippen LogP contribution in [0.2, 0.25) is 0 Å². The summed E-state index contributed by atoms with van der Waals surface area (Å²) < 4.78 is 0. The van der Waals surface area contributed by atoms with Gasteiger partial charge in [-0.2, -0.15) is 0 Å². The quantitative estimate of drug-likeness (QED) is 0.399. The van der Waals surface area contributed by atoms with E-state index in [0.29, 0.717) is 11.8 Å². The van der Waals surface area contributed by atoms with E-state index in [1.54, 1.807) is 0 Å². The Morgan fingerprint density at radius 3 is 2.39 bits per heavy atom. The van der Waals surface area contributed by atoms with Crippen LogP contribution >= 0.6 is 0 Å². The van der Waals surface area contributed by atoms with Crippen molar-refractivity contribution in [3.63, 3.8) is 0 Å². The fourth-order valence-electron chi connectivity index (χ4n) is 6.15. The lowest BCUT2D eigenvalue weighted by molar-refractivity contribution is 0.618. The molecule has 0 bridgehead atoms. The molecule has 0 spiro atoms. The first kappa shape index (κ1) is 23.6. The maximum absolute atomic E-state index is 4.69. The molecular formula is C33H40. The van der Waals surface area contributed by atoms with E-state index in [1.807, 2.05) is 0 Å². The van der Waals surface area contributed by atoms with Gasteiger partial charge in [-0.25, -0.2) is 0 Å². The van der Waals surface area contributed by atoms with Gasteiger partial charge in [-0.05, 0) is 90.5 Å². The lowest BCUT2D eigenvalue weighted by Crippen LogP contribution is -2.21. The molecule has 1 saturated carbocycles. The zero-order valence-electron chi connectivity index (χ0n) is 21.4. The molecule has 0 heterocycles. The second kappa shape index (κ2) is 9.72. The van der Waals surface area contributed by atoms with Crippen molar-refractivity contribution in [2.75, 3.05) is 0 Å². The third-order valence-corrected chi connectivity index (χ3v) is 7.76. The summed E-state index contributed by atoms with van der Waals surface area (Å²) in [6, 6.07) is 7.24. The van der Waals surface area contributed by atoms with Gasteiger partial charge in [0.1, 0.15) is 0 Å². The van der Waals surface area contributed by atoms with Gasteiger partial charge in [0.25, 0.3) is 0 Å². The number of hydrogen-bond acceptors (Lipinski definition) is 0. The van der Waals surface area contributed by atoms with Gasteiger partial charge < -0.3 is 0 Å². The number of fused-ring (bicyclic) bond motifs is 1. The molecule has 2 unspecified atom stereocenters. The maximum atomic E-state index is 4.69. The van der Waals surface area contributed by atoms with Gasteiger partial charge in [-0.1, -0.05) is 99.6 Å². The van der Waals surface area contributed by atoms with Crippen LogP contribution in [0, 0.1) is 5.92 Å². The number of rotatable bonds is 7. The van der Waals surface area contributed by atoms with Gasteiger partial charge in [0, 0.05) is 11.8 Å². The van der Waals surface area contributed by atoms with Crippen molar-refractivity contribution < 1.29 is 0 Å². The second-order valence-electron chi connectivity index (χ2n) is 10.2. The highest BCUT2D eigenvalue weighted by atomic mass is 14.4. The molecule has 0 radical (unpaired) electrons. The van der Waals surface area contributed by atoms with E-state index in [-0.39, 0.29) is 0 Å². The van der Waals surface area contributed by atoms with Crippen molar-refractivity contribution in [2.24, 2.45) is 5.92 Å². The molecule has 0 amide bonds. The molecule has 3 aliphatic rings. The number of hydrogen-bond donors (Lipinski definition) is 0. The minimum absolute atomic E-state index is 0.316. The van der Waals surface area contributed by atoms with Crippen molar-refractivity contribution in [1.82, 2.24) is 0 Å². The van der Waals surface area contributed by atoms with Crippen LogP contribution in [0.25, 0.3) is 0 Å². The average molecular weight is 437 g/mol. The van der Waals surface area contributed by atoms with E-state index in [1.165, 1.54) is 61.3 Å². The largest absolute Gasteiger partial charge is 0.0955 e. The monoisotopic (exact) mass is 436 g/mol. The molecule has 0 aromatic heterocycles. The van der Waals surface area contributed by atoms with Crippen molar-refractivity contribution in [2.45, 2.75) is 79.1 Å². The summed E-state index contributed by atoms with van der Waals surface area (Å²) in [5.41, 5.74) is 15.7. The number of aryl methyl sites for hydroxylation is 2. The molecule has 3 aliphatic carbocycles. The first-order valence-electron chi connectivity index (χ1n) is 12.8. The van der Waals surface area contributed by atoms with E-state index in [2.05, 4.69) is 83.7 Å². The van der Waals surface area contributed by atoms with Crippen LogP contribution in [0.1, 0.15) is 82.9 Å². The highest BCUT2D eigenvalue weighted by molar-refractivity contribution is 5.62. The molecule has 1 aromatic carbocycles. The Bertz CT molecular complexity index is 1140. The molecule has 2 atom stereocenters. The smallest absolute Gasteiger partial charge is 0.0201 e. The number of allylic oxidation sites excluding steroid dienone is 12. The van der Waals surface area contributed by atoms with Crippen molar-refractivity contribution in [1.29, 1.82) is 0 Å². The van der Waals surface area contributed by atoms with Crippen LogP contribution in [-0.2, 0) is 12.8 Å². The molecule has 33 heavy (non-hydrogen) atoms. The molecule has 172 valence electrons. The van der Waals surface area contributed by atoms with E-state index in [0.717, 1.165) is 38.5 Å². The van der Waals surface area contributed by atoms with Crippen molar-refractivity contribution >= 4 is 0 Å². The van der Waals surface area contributed by atoms with E-state index in [9.17, 15) is 0 Å². The van der Waals surface area contributed by atoms with Crippen LogP contribution in [0.15, 0.2) is 100 Å². The Balaban J connectivity index is 1.80. The summed E-state index contributed by atoms with van der Waals surface area (Å²) in [6.07, 6.45) is 15.8. The Labute approximate surface area is 201 Å². The molecule has 0 saturated heterocycles. The average Bonchev–Trinajstić information content (AvgIpc) is 3.34. The Kier molecular flexibility index (Phi) is 6.94. The topological polar surface area (TPSA) is 0 Å². The molecule has 0 aliphatic heterocycles. The molecule has 4 rings (SSSR count).